The summed E-state index contributed by atoms with van der Waals surface area (Å²) >= 11 is 0. The van der Waals surface area contributed by atoms with E-state index in [-0.39, 0.29) is 19.6 Å². The summed E-state index contributed by atoms with van der Waals surface area (Å²) in [7, 11) is -5.07. The van der Waals surface area contributed by atoms with Crippen LogP contribution in [-0.4, -0.2) is 97.5 Å². The van der Waals surface area contributed by atoms with E-state index in [9.17, 15) is 33.1 Å². The predicted octanol–water partition coefficient (Wildman–Crippen LogP) is 11.4. The first-order chi connectivity index (χ1) is 32.1. The number of aliphatic hydroxyl groups excluding tert-OH is 3. The Morgan fingerprint density at radius 3 is 1.53 bits per heavy atom. The van der Waals surface area contributed by atoms with E-state index in [2.05, 4.69) is 115 Å². The SMILES string of the molecule is CC/C=C\C/C=C\C/C=C\C/C=C\C/C=C\C/C=C\CCCCCCCOCC(COC1OC(CO)C(O)C(OS(=O)(=O)O)C1O)OC(=O)CCCCCCC/C=C\C/C=C\CCCCC. The van der Waals surface area contributed by atoms with Crippen molar-refractivity contribution in [1.29, 1.82) is 0 Å². The third kappa shape index (κ3) is 36.1. The van der Waals surface area contributed by atoms with Gasteiger partial charge in [0.15, 0.2) is 6.29 Å². The molecule has 0 aromatic carbocycles. The fourth-order valence-corrected chi connectivity index (χ4v) is 7.45. The van der Waals surface area contributed by atoms with Gasteiger partial charge >= 0.3 is 16.4 Å². The summed E-state index contributed by atoms with van der Waals surface area (Å²) in [5.74, 6) is -0.425. The van der Waals surface area contributed by atoms with Crippen molar-refractivity contribution in [1.82, 2.24) is 0 Å². The molecular formula is C53H88O12S. The zero-order valence-corrected chi connectivity index (χ0v) is 41.3. The molecule has 0 amide bonds. The summed E-state index contributed by atoms with van der Waals surface area (Å²) in [5, 5.41) is 30.7. The van der Waals surface area contributed by atoms with Crippen molar-refractivity contribution >= 4 is 16.4 Å². The highest BCUT2D eigenvalue weighted by atomic mass is 32.3. The van der Waals surface area contributed by atoms with Crippen LogP contribution < -0.4 is 0 Å². The molecule has 1 rings (SSSR count). The van der Waals surface area contributed by atoms with Crippen molar-refractivity contribution in [3.8, 4) is 0 Å². The molecule has 1 aliphatic rings. The van der Waals surface area contributed by atoms with E-state index in [0.29, 0.717) is 13.0 Å². The van der Waals surface area contributed by atoms with Crippen LogP contribution in [0.3, 0.4) is 0 Å². The Morgan fingerprint density at radius 1 is 0.591 bits per heavy atom. The monoisotopic (exact) mass is 949 g/mol. The van der Waals surface area contributed by atoms with Gasteiger partial charge in [-0.3, -0.25) is 9.35 Å². The molecule has 0 radical (unpaired) electrons. The van der Waals surface area contributed by atoms with Crippen LogP contribution in [0.25, 0.3) is 0 Å². The first kappa shape index (κ1) is 61.0. The van der Waals surface area contributed by atoms with Crippen LogP contribution in [0.4, 0.5) is 0 Å². The quantitative estimate of drug-likeness (QED) is 0.0197. The van der Waals surface area contributed by atoms with Crippen LogP contribution in [0, 0.1) is 0 Å². The van der Waals surface area contributed by atoms with Gasteiger partial charge in [0.2, 0.25) is 0 Å². The number of hydrogen-bond acceptors (Lipinski definition) is 11. The van der Waals surface area contributed by atoms with Gasteiger partial charge in [-0.2, -0.15) is 8.42 Å². The normalized spacial score (nSPS) is 20.4. The summed E-state index contributed by atoms with van der Waals surface area (Å²) in [4.78, 5) is 12.9. The average Bonchev–Trinajstić information content (AvgIpc) is 3.29. The van der Waals surface area contributed by atoms with Crippen molar-refractivity contribution in [2.45, 2.75) is 205 Å². The summed E-state index contributed by atoms with van der Waals surface area (Å²) < 4.78 is 59.2. The van der Waals surface area contributed by atoms with Crippen LogP contribution in [0.15, 0.2) is 97.2 Å². The highest BCUT2D eigenvalue weighted by molar-refractivity contribution is 7.80. The molecule has 1 aliphatic heterocycles. The number of carbonyl (C=O) groups is 1. The Kier molecular flexibility index (Phi) is 40.1. The summed E-state index contributed by atoms with van der Waals surface area (Å²) in [6.07, 6.45) is 50.1. The number of unbranched alkanes of at least 4 members (excludes halogenated alkanes) is 13. The van der Waals surface area contributed by atoms with Gasteiger partial charge in [-0.15, -0.1) is 0 Å². The molecule has 1 saturated heterocycles. The molecule has 12 nitrogen and oxygen atoms in total. The van der Waals surface area contributed by atoms with Gasteiger partial charge in [0.05, 0.1) is 19.8 Å². The second-order valence-electron chi connectivity index (χ2n) is 16.7. The molecular weight excluding hydrogens is 861 g/mol. The Balaban J connectivity index is 2.40. The van der Waals surface area contributed by atoms with Crippen LogP contribution in [0.2, 0.25) is 0 Å². The van der Waals surface area contributed by atoms with E-state index in [1.807, 2.05) is 0 Å². The fourth-order valence-electron chi connectivity index (χ4n) is 6.94. The third-order valence-corrected chi connectivity index (χ3v) is 11.2. The Hall–Kier alpha value is -2.98. The highest BCUT2D eigenvalue weighted by Crippen LogP contribution is 2.26. The first-order valence-electron chi connectivity index (χ1n) is 25.0. The van der Waals surface area contributed by atoms with E-state index in [4.69, 9.17) is 18.9 Å². The Morgan fingerprint density at radius 2 is 1.05 bits per heavy atom. The van der Waals surface area contributed by atoms with Gasteiger partial charge in [-0.25, -0.2) is 4.18 Å². The smallest absolute Gasteiger partial charge is 0.397 e. The molecule has 0 aliphatic carbocycles. The lowest BCUT2D eigenvalue weighted by Gasteiger charge is -2.41. The molecule has 6 unspecified atom stereocenters. The van der Waals surface area contributed by atoms with Crippen molar-refractivity contribution in [2.75, 3.05) is 26.4 Å². The number of esters is 1. The molecule has 0 aromatic heterocycles. The number of ether oxygens (including phenoxy) is 4. The zero-order valence-electron chi connectivity index (χ0n) is 40.5. The number of aliphatic hydroxyl groups is 3. The van der Waals surface area contributed by atoms with Gasteiger partial charge in [0.25, 0.3) is 0 Å². The maximum absolute atomic E-state index is 12.9. The lowest BCUT2D eigenvalue weighted by molar-refractivity contribution is -0.301. The maximum Gasteiger partial charge on any atom is 0.397 e. The lowest BCUT2D eigenvalue weighted by atomic mass is 9.99. The topological polar surface area (TPSA) is 178 Å². The number of allylic oxidation sites excluding steroid dienone is 16. The molecule has 1 fully saturated rings. The van der Waals surface area contributed by atoms with Crippen molar-refractivity contribution in [2.24, 2.45) is 0 Å². The van der Waals surface area contributed by atoms with Crippen molar-refractivity contribution in [3.05, 3.63) is 97.2 Å². The standard InChI is InChI=1S/C53H88O12S/c1-3-5-7-9-11-13-15-17-19-20-21-22-23-24-25-26-27-29-31-33-35-37-39-41-43-61-45-47(46-62-53-51(57)52(65-66(58,59)60)50(56)48(44-54)64-53)63-49(55)42-40-38-36-34-32-30-28-18-16-14-12-10-8-6-4-2/h5,7,11-14,17-19,21-22,24-25,27-29,47-48,50-54,56-57H,3-4,6,8-10,15-16,20,23,26,30-46H2,1-2H3,(H,58,59,60)/b7-5-,13-11-,14-12-,19-17-,22-21-,25-24-,28-18-,29-27-. The van der Waals surface area contributed by atoms with Gasteiger partial charge in [-0.05, 0) is 96.3 Å². The molecule has 1 heterocycles. The third-order valence-electron chi connectivity index (χ3n) is 10.7. The fraction of sp³-hybridized carbons (Fsp3) is 0.679. The second-order valence-corrected chi connectivity index (χ2v) is 17.7. The van der Waals surface area contributed by atoms with E-state index in [1.54, 1.807) is 0 Å². The van der Waals surface area contributed by atoms with E-state index >= 15 is 0 Å². The van der Waals surface area contributed by atoms with Crippen LogP contribution >= 0.6 is 0 Å². The maximum atomic E-state index is 12.9. The van der Waals surface area contributed by atoms with E-state index < -0.39 is 59.8 Å². The minimum absolute atomic E-state index is 0.0103. The van der Waals surface area contributed by atoms with Gasteiger partial charge in [0, 0.05) is 13.0 Å². The summed E-state index contributed by atoms with van der Waals surface area (Å²) in [5.41, 5.74) is 0. The summed E-state index contributed by atoms with van der Waals surface area (Å²) in [6.45, 7) is 3.77. The average molecular weight is 949 g/mol. The minimum atomic E-state index is -5.07. The Bertz CT molecular complexity index is 1520. The van der Waals surface area contributed by atoms with Crippen LogP contribution in [-0.2, 0) is 38.3 Å². The van der Waals surface area contributed by atoms with Crippen LogP contribution in [0.1, 0.15) is 168 Å². The molecule has 0 saturated carbocycles. The molecule has 6 atom stereocenters. The van der Waals surface area contributed by atoms with E-state index in [1.165, 1.54) is 19.3 Å². The molecule has 0 spiro atoms. The van der Waals surface area contributed by atoms with Gasteiger partial charge in [-0.1, -0.05) is 162 Å². The Labute approximate surface area is 399 Å². The molecule has 378 valence electrons. The first-order valence-corrected chi connectivity index (χ1v) is 26.4. The molecule has 0 aromatic rings. The number of carbonyl (C=O) groups excluding carboxylic acids is 1. The second kappa shape index (κ2) is 43.3. The summed E-state index contributed by atoms with van der Waals surface area (Å²) in [6, 6.07) is 0. The molecule has 4 N–H and O–H groups in total. The zero-order chi connectivity index (χ0) is 48.2. The predicted molar refractivity (Wildman–Crippen MR) is 266 cm³/mol. The van der Waals surface area contributed by atoms with E-state index in [0.717, 1.165) is 122 Å². The minimum Gasteiger partial charge on any atom is -0.457 e. The number of hydrogen-bond donors (Lipinski definition) is 4. The molecule has 0 bridgehead atoms. The van der Waals surface area contributed by atoms with Crippen molar-refractivity contribution in [3.63, 3.8) is 0 Å². The highest BCUT2D eigenvalue weighted by Gasteiger charge is 2.48. The largest absolute Gasteiger partial charge is 0.457 e. The van der Waals surface area contributed by atoms with Gasteiger partial charge < -0.3 is 34.3 Å². The van der Waals surface area contributed by atoms with Gasteiger partial charge in [0.1, 0.15) is 30.5 Å². The molecule has 66 heavy (non-hydrogen) atoms. The molecule has 13 heteroatoms. The lowest BCUT2D eigenvalue weighted by Crippen LogP contribution is -2.60. The van der Waals surface area contributed by atoms with Crippen molar-refractivity contribution < 1.29 is 56.2 Å². The van der Waals surface area contributed by atoms with Crippen LogP contribution in [0.5, 0.6) is 0 Å². The number of rotatable bonds is 42.